The van der Waals surface area contributed by atoms with Gasteiger partial charge in [0.1, 0.15) is 18.5 Å². The molecule has 128 valence electrons. The molecule has 0 saturated carbocycles. The Morgan fingerprint density at radius 3 is 2.87 bits per heavy atom. The number of nitrogens with one attached hydrogen (secondary N) is 1. The first kappa shape index (κ1) is 17.4. The number of aliphatic hydroxyl groups excluding tert-OH is 1. The van der Waals surface area contributed by atoms with Gasteiger partial charge < -0.3 is 30.4 Å². The molecule has 7 nitrogen and oxygen atoms in total. The summed E-state index contributed by atoms with van der Waals surface area (Å²) in [5.41, 5.74) is 5.77. The number of hydrogen-bond acceptors (Lipinski definition) is 6. The lowest BCUT2D eigenvalue weighted by Crippen LogP contribution is -2.45. The van der Waals surface area contributed by atoms with Crippen LogP contribution in [0.5, 0.6) is 17.2 Å². The lowest BCUT2D eigenvalue weighted by atomic mass is 10.0. The molecular formula is C16H24N2O5. The van der Waals surface area contributed by atoms with Crippen LogP contribution in [-0.2, 0) is 4.79 Å². The van der Waals surface area contributed by atoms with Gasteiger partial charge in [-0.3, -0.25) is 4.79 Å². The molecule has 2 rings (SSSR count). The highest BCUT2D eigenvalue weighted by Crippen LogP contribution is 2.35. The lowest BCUT2D eigenvalue weighted by Gasteiger charge is -2.17. The first-order chi connectivity index (χ1) is 11.0. The maximum Gasteiger partial charge on any atom is 0.237 e. The molecule has 1 heterocycles. The Balaban J connectivity index is 1.71. The second-order valence-corrected chi connectivity index (χ2v) is 5.96. The lowest BCUT2D eigenvalue weighted by molar-refractivity contribution is -0.123. The molecular weight excluding hydrogens is 300 g/mol. The van der Waals surface area contributed by atoms with Crippen molar-refractivity contribution in [2.45, 2.75) is 32.4 Å². The smallest absolute Gasteiger partial charge is 0.237 e. The number of carbonyl (C=O) groups is 1. The summed E-state index contributed by atoms with van der Waals surface area (Å²) >= 11 is 0. The van der Waals surface area contributed by atoms with Gasteiger partial charge in [0, 0.05) is 12.6 Å². The van der Waals surface area contributed by atoms with Crippen LogP contribution in [0.25, 0.3) is 0 Å². The number of amides is 1. The van der Waals surface area contributed by atoms with E-state index in [-0.39, 0.29) is 25.9 Å². The van der Waals surface area contributed by atoms with E-state index in [4.69, 9.17) is 19.9 Å². The van der Waals surface area contributed by atoms with Gasteiger partial charge in [-0.25, -0.2) is 0 Å². The van der Waals surface area contributed by atoms with Gasteiger partial charge in [0.15, 0.2) is 11.5 Å². The maximum absolute atomic E-state index is 11.8. The third-order valence-corrected chi connectivity index (χ3v) is 3.36. The quantitative estimate of drug-likeness (QED) is 0.648. The molecule has 0 spiro atoms. The molecule has 1 aromatic rings. The molecule has 0 saturated heterocycles. The fraction of sp³-hybridized carbons (Fsp3) is 0.562. The maximum atomic E-state index is 11.8. The average molecular weight is 324 g/mol. The summed E-state index contributed by atoms with van der Waals surface area (Å²) < 4.78 is 15.9. The van der Waals surface area contributed by atoms with Gasteiger partial charge in [-0.05, 0) is 24.5 Å². The van der Waals surface area contributed by atoms with E-state index in [0.717, 1.165) is 0 Å². The van der Waals surface area contributed by atoms with Crippen LogP contribution >= 0.6 is 0 Å². The van der Waals surface area contributed by atoms with Crippen molar-refractivity contribution in [3.63, 3.8) is 0 Å². The molecule has 1 unspecified atom stereocenters. The Morgan fingerprint density at radius 1 is 1.39 bits per heavy atom. The molecule has 1 aliphatic heterocycles. The van der Waals surface area contributed by atoms with Crippen molar-refractivity contribution >= 4 is 5.91 Å². The summed E-state index contributed by atoms with van der Waals surface area (Å²) in [6.45, 7) is 4.35. The number of carbonyl (C=O) groups excluding carboxylic acids is 1. The Morgan fingerprint density at radius 2 is 2.13 bits per heavy atom. The zero-order chi connectivity index (χ0) is 16.8. The summed E-state index contributed by atoms with van der Waals surface area (Å²) in [6, 6.07) is 4.62. The van der Waals surface area contributed by atoms with Gasteiger partial charge in [0.2, 0.25) is 12.7 Å². The Hall–Kier alpha value is -1.99. The number of hydrogen-bond donors (Lipinski definition) is 3. The van der Waals surface area contributed by atoms with Gasteiger partial charge in [-0.2, -0.15) is 0 Å². The van der Waals surface area contributed by atoms with Crippen molar-refractivity contribution < 1.29 is 24.1 Å². The van der Waals surface area contributed by atoms with Gasteiger partial charge in [0.05, 0.1) is 6.04 Å². The Kier molecular flexibility index (Phi) is 6.06. The molecule has 0 aliphatic carbocycles. The van der Waals surface area contributed by atoms with Crippen LogP contribution in [0, 0.1) is 5.92 Å². The molecule has 1 aromatic carbocycles. The standard InChI is InChI=1S/C16H24N2O5/c1-10(2)5-13(17)16(20)18-7-11(19)8-21-12-3-4-14-15(6-12)23-9-22-14/h3-4,6,10-11,13,19H,5,7-9,17H2,1-2H3,(H,18,20)/t11?,13-/m0/s1. The summed E-state index contributed by atoms with van der Waals surface area (Å²) in [5, 5.41) is 12.5. The summed E-state index contributed by atoms with van der Waals surface area (Å²) in [5.74, 6) is 1.93. The van der Waals surface area contributed by atoms with Crippen LogP contribution in [0.2, 0.25) is 0 Å². The highest BCUT2D eigenvalue weighted by molar-refractivity contribution is 5.81. The molecule has 2 atom stereocenters. The minimum absolute atomic E-state index is 0.0549. The molecule has 23 heavy (non-hydrogen) atoms. The molecule has 1 aliphatic rings. The first-order valence-electron chi connectivity index (χ1n) is 7.69. The average Bonchev–Trinajstić information content (AvgIpc) is 2.97. The van der Waals surface area contributed by atoms with Gasteiger partial charge in [-0.1, -0.05) is 13.8 Å². The highest BCUT2D eigenvalue weighted by Gasteiger charge is 2.17. The number of nitrogens with two attached hydrogens (primary N) is 1. The molecule has 0 fully saturated rings. The van der Waals surface area contributed by atoms with Crippen molar-refractivity contribution in [1.29, 1.82) is 0 Å². The number of benzene rings is 1. The van der Waals surface area contributed by atoms with Crippen LogP contribution in [0.15, 0.2) is 18.2 Å². The third kappa shape index (κ3) is 5.30. The number of ether oxygens (including phenoxy) is 3. The van der Waals surface area contributed by atoms with E-state index in [1.807, 2.05) is 13.8 Å². The van der Waals surface area contributed by atoms with Crippen molar-refractivity contribution in [2.75, 3.05) is 19.9 Å². The Labute approximate surface area is 135 Å². The second-order valence-electron chi connectivity index (χ2n) is 5.96. The first-order valence-corrected chi connectivity index (χ1v) is 7.69. The van der Waals surface area contributed by atoms with E-state index in [9.17, 15) is 9.90 Å². The number of rotatable bonds is 8. The Bertz CT molecular complexity index is 535. The highest BCUT2D eigenvalue weighted by atomic mass is 16.7. The normalized spacial score (nSPS) is 15.3. The summed E-state index contributed by atoms with van der Waals surface area (Å²) in [4.78, 5) is 11.8. The third-order valence-electron chi connectivity index (χ3n) is 3.36. The predicted molar refractivity (Wildman–Crippen MR) is 84.5 cm³/mol. The van der Waals surface area contributed by atoms with E-state index in [1.54, 1.807) is 18.2 Å². The van der Waals surface area contributed by atoms with Crippen molar-refractivity contribution in [3.8, 4) is 17.2 Å². The largest absolute Gasteiger partial charge is 0.491 e. The van der Waals surface area contributed by atoms with Crippen LogP contribution in [0.4, 0.5) is 0 Å². The second kappa shape index (κ2) is 8.03. The van der Waals surface area contributed by atoms with E-state index in [2.05, 4.69) is 5.32 Å². The van der Waals surface area contributed by atoms with Gasteiger partial charge >= 0.3 is 0 Å². The predicted octanol–water partition coefficient (Wildman–Crippen LogP) is 0.645. The minimum atomic E-state index is -0.823. The van der Waals surface area contributed by atoms with Crippen LogP contribution in [-0.4, -0.2) is 43.1 Å². The summed E-state index contributed by atoms with van der Waals surface area (Å²) in [6.07, 6.45) is -0.217. The van der Waals surface area contributed by atoms with E-state index < -0.39 is 12.1 Å². The number of aliphatic hydroxyl groups is 1. The fourth-order valence-corrected chi connectivity index (χ4v) is 2.18. The van der Waals surface area contributed by atoms with Crippen molar-refractivity contribution in [2.24, 2.45) is 11.7 Å². The van der Waals surface area contributed by atoms with E-state index in [0.29, 0.717) is 29.6 Å². The molecule has 4 N–H and O–H groups in total. The SMILES string of the molecule is CC(C)C[C@H](N)C(=O)NCC(O)COc1ccc2c(c1)OCO2. The number of fused-ring (bicyclic) bond motifs is 1. The topological polar surface area (TPSA) is 103 Å². The molecule has 1 amide bonds. The van der Waals surface area contributed by atoms with Gasteiger partial charge in [0.25, 0.3) is 0 Å². The van der Waals surface area contributed by atoms with Gasteiger partial charge in [-0.15, -0.1) is 0 Å². The summed E-state index contributed by atoms with van der Waals surface area (Å²) in [7, 11) is 0. The molecule has 7 heteroatoms. The van der Waals surface area contributed by atoms with Crippen molar-refractivity contribution in [3.05, 3.63) is 18.2 Å². The fourth-order valence-electron chi connectivity index (χ4n) is 2.18. The van der Waals surface area contributed by atoms with E-state index >= 15 is 0 Å². The molecule has 0 bridgehead atoms. The zero-order valence-corrected chi connectivity index (χ0v) is 13.5. The molecule has 0 radical (unpaired) electrons. The van der Waals surface area contributed by atoms with Crippen LogP contribution in [0.1, 0.15) is 20.3 Å². The molecule has 0 aromatic heterocycles. The van der Waals surface area contributed by atoms with Crippen molar-refractivity contribution in [1.82, 2.24) is 5.32 Å². The zero-order valence-electron chi connectivity index (χ0n) is 13.5. The van der Waals surface area contributed by atoms with Crippen LogP contribution in [0.3, 0.4) is 0 Å². The van der Waals surface area contributed by atoms with Crippen LogP contribution < -0.4 is 25.3 Å². The van der Waals surface area contributed by atoms with E-state index in [1.165, 1.54) is 0 Å². The minimum Gasteiger partial charge on any atom is -0.491 e. The monoisotopic (exact) mass is 324 g/mol.